The summed E-state index contributed by atoms with van der Waals surface area (Å²) in [5, 5.41) is 5.19. The Kier molecular flexibility index (Phi) is 6.22. The van der Waals surface area contributed by atoms with Crippen LogP contribution in [0.25, 0.3) is 27.6 Å². The van der Waals surface area contributed by atoms with Gasteiger partial charge in [-0.1, -0.05) is 0 Å². The Bertz CT molecular complexity index is 1990. The normalized spacial score (nSPS) is 12.8. The molecule has 192 valence electrons. The van der Waals surface area contributed by atoms with E-state index in [1.54, 1.807) is 6.08 Å². The molecule has 1 heterocycles. The van der Waals surface area contributed by atoms with E-state index in [2.05, 4.69) is 17.0 Å². The van der Waals surface area contributed by atoms with Crippen LogP contribution in [0.15, 0.2) is 115 Å². The first-order valence-electron chi connectivity index (χ1n) is 12.6. The Hall–Kier alpha value is -3.92. The van der Waals surface area contributed by atoms with Gasteiger partial charge in [0.25, 0.3) is 0 Å². The second kappa shape index (κ2) is 9.92. The Labute approximate surface area is 246 Å². The molecule has 6 heteroatoms. The molecule has 7 rings (SSSR count). The van der Waals surface area contributed by atoms with Crippen molar-refractivity contribution in [2.45, 2.75) is 0 Å². The van der Waals surface area contributed by atoms with Gasteiger partial charge in [0.2, 0.25) is 0 Å². The van der Waals surface area contributed by atoms with E-state index in [-0.39, 0.29) is 31.6 Å². The van der Waals surface area contributed by atoms with Crippen LogP contribution in [0.1, 0.15) is 25.2 Å². The zero-order chi connectivity index (χ0) is 27.4. The zero-order valence-corrected chi connectivity index (χ0v) is 24.1. The van der Waals surface area contributed by atoms with Gasteiger partial charge in [-0.15, -0.1) is 0 Å². The zero-order valence-electron chi connectivity index (χ0n) is 20.9. The van der Waals surface area contributed by atoms with Gasteiger partial charge in [-0.25, -0.2) is 0 Å². The monoisotopic (exact) mass is 623 g/mol. The minimum absolute atomic E-state index is 0.184. The van der Waals surface area contributed by atoms with E-state index in [0.29, 0.717) is 21.2 Å². The molecule has 40 heavy (non-hydrogen) atoms. The van der Waals surface area contributed by atoms with Crippen LogP contribution in [0.3, 0.4) is 0 Å². The van der Waals surface area contributed by atoms with Crippen molar-refractivity contribution in [2.75, 3.05) is 4.90 Å². The Morgan fingerprint density at radius 3 is 2.02 bits per heavy atom. The first kappa shape index (κ1) is 25.1. The van der Waals surface area contributed by atoms with Crippen molar-refractivity contribution in [3.63, 3.8) is 0 Å². The maximum atomic E-state index is 13.3. The number of allylic oxidation sites excluding steroid dienone is 1. The van der Waals surface area contributed by atoms with Crippen LogP contribution in [0.4, 0.5) is 15.9 Å². The number of fused-ring (bicyclic) bond motifs is 3. The van der Waals surface area contributed by atoms with Gasteiger partial charge >= 0.3 is 248 Å². The molecule has 1 aliphatic rings. The molecule has 3 nitrogen and oxygen atoms in total. The van der Waals surface area contributed by atoms with Crippen molar-refractivity contribution in [3.05, 3.63) is 140 Å². The Balaban J connectivity index is 1.33. The average Bonchev–Trinajstić information content (AvgIpc) is 3.52. The summed E-state index contributed by atoms with van der Waals surface area (Å²) in [5.41, 5.74) is 3.07. The molecule has 6 aromatic rings. The van der Waals surface area contributed by atoms with Crippen molar-refractivity contribution < 1.29 is 9.59 Å². The number of rotatable bonds is 4. The standard InChI is InChI=1S/C34H19Cl2NO2Se/c35-22-8-5-9-23(18-22)37(31-14-13-30(36)25-10-3-4-11-26(25)31)32-15-12-24(40-32)19-29-33(38)27-16-20-6-1-2-7-21(20)17-28(27)34(29)39/h1-19H. The van der Waals surface area contributed by atoms with Crippen LogP contribution in [0, 0.1) is 0 Å². The number of Topliss-reactive ketones (excluding diaryl/α,β-unsaturated/α-hetero) is 2. The molecule has 0 atom stereocenters. The second-order valence-corrected chi connectivity index (χ2v) is 12.7. The fourth-order valence-corrected chi connectivity index (χ4v) is 7.74. The number of hydrogen-bond donors (Lipinski definition) is 0. The molecular weight excluding hydrogens is 604 g/mol. The van der Waals surface area contributed by atoms with E-state index in [1.807, 2.05) is 97.1 Å². The first-order chi connectivity index (χ1) is 19.5. The summed E-state index contributed by atoms with van der Waals surface area (Å²) in [5.74, 6) is -0.433. The number of nitrogens with zero attached hydrogens (tertiary/aromatic N) is 1. The van der Waals surface area contributed by atoms with Crippen molar-refractivity contribution in [2.24, 2.45) is 0 Å². The van der Waals surface area contributed by atoms with Crippen LogP contribution in [-0.4, -0.2) is 26.1 Å². The molecule has 0 amide bonds. The number of carbonyl (C=O) groups excluding carboxylic acids is 2. The van der Waals surface area contributed by atoms with E-state index in [0.717, 1.165) is 41.9 Å². The van der Waals surface area contributed by atoms with Crippen molar-refractivity contribution >= 4 is 92.8 Å². The van der Waals surface area contributed by atoms with Gasteiger partial charge < -0.3 is 0 Å². The van der Waals surface area contributed by atoms with Gasteiger partial charge in [0, 0.05) is 0 Å². The minimum atomic E-state index is -0.216. The van der Waals surface area contributed by atoms with Gasteiger partial charge in [-0.2, -0.15) is 0 Å². The van der Waals surface area contributed by atoms with E-state index in [4.69, 9.17) is 23.2 Å². The van der Waals surface area contributed by atoms with E-state index in [9.17, 15) is 9.59 Å². The molecule has 0 saturated carbocycles. The molecule has 0 radical (unpaired) electrons. The topological polar surface area (TPSA) is 37.4 Å². The molecule has 0 fully saturated rings. The third-order valence-electron chi connectivity index (χ3n) is 7.14. The van der Waals surface area contributed by atoms with Gasteiger partial charge in [0.15, 0.2) is 0 Å². The quantitative estimate of drug-likeness (QED) is 0.112. The maximum absolute atomic E-state index is 13.3. The summed E-state index contributed by atoms with van der Waals surface area (Å²) in [4.78, 5) is 28.9. The molecule has 1 aromatic heterocycles. The SMILES string of the molecule is O=C1C(=Cc2ccc(N(c3cccc(Cl)c3)c3ccc(Cl)c4ccccc34)[se]2)C(=O)c2cc3ccccc3cc21. The molecule has 1 aliphatic carbocycles. The van der Waals surface area contributed by atoms with Crippen LogP contribution >= 0.6 is 23.2 Å². The van der Waals surface area contributed by atoms with Crippen LogP contribution in [0.2, 0.25) is 10.0 Å². The van der Waals surface area contributed by atoms with Gasteiger partial charge in [0.05, 0.1) is 0 Å². The van der Waals surface area contributed by atoms with E-state index in [1.165, 1.54) is 0 Å². The third kappa shape index (κ3) is 4.21. The fraction of sp³-hybridized carbons (Fsp3) is 0. The van der Waals surface area contributed by atoms with Gasteiger partial charge in [0.1, 0.15) is 0 Å². The van der Waals surface area contributed by atoms with Gasteiger partial charge in [-0.3, -0.25) is 0 Å². The summed E-state index contributed by atoms with van der Waals surface area (Å²) in [6.07, 6.45) is 1.77. The predicted molar refractivity (Wildman–Crippen MR) is 166 cm³/mol. The summed E-state index contributed by atoms with van der Waals surface area (Å²) >= 11 is 12.8. The Morgan fingerprint density at radius 1 is 0.650 bits per heavy atom. The Morgan fingerprint density at radius 2 is 1.32 bits per heavy atom. The van der Waals surface area contributed by atoms with Crippen molar-refractivity contribution in [1.82, 2.24) is 0 Å². The van der Waals surface area contributed by atoms with E-state index < -0.39 is 0 Å². The molecule has 0 saturated heterocycles. The molecule has 0 aliphatic heterocycles. The molecule has 0 unspecified atom stereocenters. The number of hydrogen-bond acceptors (Lipinski definition) is 3. The molecule has 0 N–H and O–H groups in total. The summed E-state index contributed by atoms with van der Waals surface area (Å²) in [6.45, 7) is 0. The number of carbonyl (C=O) groups is 2. The summed E-state index contributed by atoms with van der Waals surface area (Å²) in [6, 6.07) is 35.2. The van der Waals surface area contributed by atoms with Crippen LogP contribution in [0.5, 0.6) is 0 Å². The van der Waals surface area contributed by atoms with Crippen LogP contribution in [-0.2, 0) is 0 Å². The van der Waals surface area contributed by atoms with Gasteiger partial charge in [-0.05, 0) is 0 Å². The van der Waals surface area contributed by atoms with Crippen LogP contribution < -0.4 is 4.90 Å². The number of anilines is 3. The first-order valence-corrected chi connectivity index (χ1v) is 15.1. The summed E-state index contributed by atoms with van der Waals surface area (Å²) in [7, 11) is 0. The third-order valence-corrected chi connectivity index (χ3v) is 9.84. The average molecular weight is 623 g/mol. The summed E-state index contributed by atoms with van der Waals surface area (Å²) < 4.78 is 2.00. The van der Waals surface area contributed by atoms with Crippen molar-refractivity contribution in [3.8, 4) is 0 Å². The fourth-order valence-electron chi connectivity index (χ4n) is 5.26. The van der Waals surface area contributed by atoms with Crippen molar-refractivity contribution in [1.29, 1.82) is 0 Å². The molecule has 0 bridgehead atoms. The molecular formula is C34H19Cl2NO2Se. The second-order valence-electron chi connectivity index (χ2n) is 9.56. The molecule has 5 aromatic carbocycles. The molecule has 0 spiro atoms. The number of ketones is 2. The van der Waals surface area contributed by atoms with E-state index >= 15 is 0 Å². The number of halogens is 2. The number of benzene rings is 5. The predicted octanol–water partition coefficient (Wildman–Crippen LogP) is 9.29.